The predicted octanol–water partition coefficient (Wildman–Crippen LogP) is 2.64. The van der Waals surface area contributed by atoms with E-state index in [4.69, 9.17) is 0 Å². The van der Waals surface area contributed by atoms with Gasteiger partial charge in [-0.05, 0) is 46.0 Å². The lowest BCUT2D eigenvalue weighted by atomic mass is 10.0. The van der Waals surface area contributed by atoms with Crippen molar-refractivity contribution in [2.24, 2.45) is 11.0 Å². The van der Waals surface area contributed by atoms with Crippen molar-refractivity contribution < 1.29 is 0 Å². The Hall–Kier alpha value is -1.98. The second kappa shape index (κ2) is 8.24. The number of hydrogen-bond donors (Lipinski definition) is 2. The largest absolute Gasteiger partial charge is 0.288 e. The second-order valence-corrected chi connectivity index (χ2v) is 5.21. The Kier molecular flexibility index (Phi) is 6.63. The number of H-pyrrole nitrogens is 1. The zero-order chi connectivity index (χ0) is 15.0. The van der Waals surface area contributed by atoms with Gasteiger partial charge in [0.1, 0.15) is 5.69 Å². The van der Waals surface area contributed by atoms with E-state index in [-0.39, 0.29) is 11.5 Å². The van der Waals surface area contributed by atoms with Crippen molar-refractivity contribution in [3.63, 3.8) is 0 Å². The summed E-state index contributed by atoms with van der Waals surface area (Å²) in [7, 11) is 0. The predicted molar refractivity (Wildman–Crippen MR) is 82.0 cm³/mol. The molecule has 2 N–H and O–H groups in total. The summed E-state index contributed by atoms with van der Waals surface area (Å²) in [5.41, 5.74) is 4.11. The van der Waals surface area contributed by atoms with Crippen LogP contribution in [0.3, 0.4) is 0 Å². The van der Waals surface area contributed by atoms with Crippen LogP contribution in [0, 0.1) is 12.8 Å². The minimum absolute atomic E-state index is 0.257. The summed E-state index contributed by atoms with van der Waals surface area (Å²) in [6.07, 6.45) is 7.17. The highest BCUT2D eigenvalue weighted by atomic mass is 16.1. The van der Waals surface area contributed by atoms with E-state index in [2.05, 4.69) is 52.6 Å². The van der Waals surface area contributed by atoms with E-state index < -0.39 is 0 Å². The number of nitrogens with zero attached hydrogens (tertiary/aromatic N) is 3. The van der Waals surface area contributed by atoms with Gasteiger partial charge in [0.05, 0.1) is 0 Å². The molecule has 0 saturated heterocycles. The quantitative estimate of drug-likeness (QED) is 0.456. The first kappa shape index (κ1) is 16.1. The molecule has 110 valence electrons. The molecule has 1 atom stereocenters. The molecule has 6 nitrogen and oxygen atoms in total. The fourth-order valence-electron chi connectivity index (χ4n) is 1.56. The number of allylic oxidation sites excluding steroid dienone is 2. The van der Waals surface area contributed by atoms with Crippen molar-refractivity contribution in [2.75, 3.05) is 5.43 Å². The molecule has 0 unspecified atom stereocenters. The topological polar surface area (TPSA) is 83.0 Å². The lowest BCUT2D eigenvalue weighted by Crippen LogP contribution is -2.15. The van der Waals surface area contributed by atoms with Gasteiger partial charge in [-0.2, -0.15) is 5.10 Å². The molecule has 0 spiro atoms. The number of aryl methyl sites for hydroxylation is 1. The minimum atomic E-state index is -0.257. The maximum Gasteiger partial charge on any atom is 0.274 e. The summed E-state index contributed by atoms with van der Waals surface area (Å²) in [6.45, 7) is 8.02. The SMILES string of the molecule is CC(C)=CCC[C@@H](C)C/C=N\Nc1nnc(C)c(=O)[nH]1. The molecule has 0 fully saturated rings. The number of rotatable bonds is 7. The van der Waals surface area contributed by atoms with E-state index >= 15 is 0 Å². The highest BCUT2D eigenvalue weighted by Crippen LogP contribution is 2.10. The van der Waals surface area contributed by atoms with Gasteiger partial charge in [0.25, 0.3) is 5.56 Å². The first-order chi connectivity index (χ1) is 9.49. The summed E-state index contributed by atoms with van der Waals surface area (Å²) < 4.78 is 0. The van der Waals surface area contributed by atoms with Gasteiger partial charge in [0.2, 0.25) is 5.95 Å². The van der Waals surface area contributed by atoms with Crippen molar-refractivity contribution in [1.82, 2.24) is 15.2 Å². The van der Waals surface area contributed by atoms with E-state index in [1.165, 1.54) is 5.57 Å². The third kappa shape index (κ3) is 6.26. The molecule has 0 bridgehead atoms. The fraction of sp³-hybridized carbons (Fsp3) is 0.571. The van der Waals surface area contributed by atoms with Gasteiger partial charge in [-0.3, -0.25) is 9.78 Å². The lowest BCUT2D eigenvalue weighted by Gasteiger charge is -2.05. The Morgan fingerprint density at radius 2 is 2.20 bits per heavy atom. The van der Waals surface area contributed by atoms with E-state index in [1.54, 1.807) is 13.1 Å². The molecule has 0 radical (unpaired) electrons. The molecule has 1 aromatic rings. The summed E-state index contributed by atoms with van der Waals surface area (Å²) in [4.78, 5) is 13.8. The molecule has 20 heavy (non-hydrogen) atoms. The molecule has 0 aromatic carbocycles. The molecule has 0 amide bonds. The van der Waals surface area contributed by atoms with E-state index in [9.17, 15) is 4.79 Å². The average Bonchev–Trinajstić information content (AvgIpc) is 2.38. The molecule has 0 aliphatic carbocycles. The highest BCUT2D eigenvalue weighted by molar-refractivity contribution is 5.58. The normalized spacial score (nSPS) is 12.4. The summed E-state index contributed by atoms with van der Waals surface area (Å²) in [5, 5.41) is 11.5. The Bertz CT molecular complexity index is 529. The Labute approximate surface area is 119 Å². The van der Waals surface area contributed by atoms with E-state index in [1.807, 2.05) is 0 Å². The van der Waals surface area contributed by atoms with Crippen molar-refractivity contribution in [3.8, 4) is 0 Å². The molecule has 0 aliphatic rings. The summed E-state index contributed by atoms with van der Waals surface area (Å²) in [5.74, 6) is 0.827. The van der Waals surface area contributed by atoms with Gasteiger partial charge in [-0.25, -0.2) is 5.43 Å². The number of aromatic amines is 1. The first-order valence-electron chi connectivity index (χ1n) is 6.83. The number of hydrazone groups is 1. The number of hydrogen-bond acceptors (Lipinski definition) is 5. The van der Waals surface area contributed by atoms with Crippen LogP contribution in [-0.2, 0) is 0 Å². The van der Waals surface area contributed by atoms with Crippen LogP contribution in [-0.4, -0.2) is 21.4 Å². The van der Waals surface area contributed by atoms with Gasteiger partial charge in [0, 0.05) is 6.21 Å². The number of anilines is 1. The Morgan fingerprint density at radius 1 is 1.45 bits per heavy atom. The Balaban J connectivity index is 2.32. The fourth-order valence-corrected chi connectivity index (χ4v) is 1.56. The lowest BCUT2D eigenvalue weighted by molar-refractivity contribution is 0.563. The standard InChI is InChI=1S/C14H23N5O/c1-10(2)6-5-7-11(3)8-9-15-18-14-16-13(20)12(4)17-19-14/h6,9,11H,5,7-8H2,1-4H3,(H2,16,18,19,20)/b15-9-/t11-/m1/s1. The van der Waals surface area contributed by atoms with Crippen LogP contribution in [0.1, 0.15) is 45.7 Å². The molecule has 1 heterocycles. The van der Waals surface area contributed by atoms with Crippen molar-refractivity contribution in [1.29, 1.82) is 0 Å². The third-order valence-electron chi connectivity index (χ3n) is 2.84. The van der Waals surface area contributed by atoms with Crippen LogP contribution in [0.15, 0.2) is 21.5 Å². The zero-order valence-electron chi connectivity index (χ0n) is 12.6. The van der Waals surface area contributed by atoms with Crippen LogP contribution < -0.4 is 11.0 Å². The molecular weight excluding hydrogens is 254 g/mol. The van der Waals surface area contributed by atoms with Crippen molar-refractivity contribution in [3.05, 3.63) is 27.7 Å². The van der Waals surface area contributed by atoms with Crippen LogP contribution in [0.25, 0.3) is 0 Å². The average molecular weight is 277 g/mol. The van der Waals surface area contributed by atoms with Crippen LogP contribution in [0.4, 0.5) is 5.95 Å². The molecule has 1 rings (SSSR count). The molecule has 1 aromatic heterocycles. The number of nitrogens with one attached hydrogen (secondary N) is 2. The van der Waals surface area contributed by atoms with Crippen LogP contribution >= 0.6 is 0 Å². The molecule has 0 saturated carbocycles. The maximum absolute atomic E-state index is 11.3. The zero-order valence-corrected chi connectivity index (χ0v) is 12.6. The number of aromatic nitrogens is 3. The van der Waals surface area contributed by atoms with Gasteiger partial charge in [-0.15, -0.1) is 10.2 Å². The summed E-state index contributed by atoms with van der Waals surface area (Å²) in [6, 6.07) is 0. The highest BCUT2D eigenvalue weighted by Gasteiger charge is 1.99. The first-order valence-corrected chi connectivity index (χ1v) is 6.83. The third-order valence-corrected chi connectivity index (χ3v) is 2.84. The monoisotopic (exact) mass is 277 g/mol. The Morgan fingerprint density at radius 3 is 2.85 bits per heavy atom. The molecule has 6 heteroatoms. The van der Waals surface area contributed by atoms with Crippen molar-refractivity contribution in [2.45, 2.75) is 47.0 Å². The van der Waals surface area contributed by atoms with E-state index in [0.717, 1.165) is 19.3 Å². The minimum Gasteiger partial charge on any atom is -0.288 e. The van der Waals surface area contributed by atoms with Gasteiger partial charge in [0.15, 0.2) is 0 Å². The van der Waals surface area contributed by atoms with E-state index in [0.29, 0.717) is 11.6 Å². The van der Waals surface area contributed by atoms with Crippen LogP contribution in [0.2, 0.25) is 0 Å². The molecule has 0 aliphatic heterocycles. The van der Waals surface area contributed by atoms with Gasteiger partial charge >= 0.3 is 0 Å². The smallest absolute Gasteiger partial charge is 0.274 e. The van der Waals surface area contributed by atoms with Gasteiger partial charge < -0.3 is 0 Å². The summed E-state index contributed by atoms with van der Waals surface area (Å²) >= 11 is 0. The van der Waals surface area contributed by atoms with Crippen LogP contribution in [0.5, 0.6) is 0 Å². The molecular formula is C14H23N5O. The van der Waals surface area contributed by atoms with Crippen molar-refractivity contribution >= 4 is 12.2 Å². The second-order valence-electron chi connectivity index (χ2n) is 5.21. The maximum atomic E-state index is 11.3. The van der Waals surface area contributed by atoms with Gasteiger partial charge in [-0.1, -0.05) is 18.6 Å².